The van der Waals surface area contributed by atoms with Crippen LogP contribution in [0.25, 0.3) is 0 Å². The number of para-hydroxylation sites is 2. The van der Waals surface area contributed by atoms with Crippen molar-refractivity contribution >= 4 is 17.3 Å². The van der Waals surface area contributed by atoms with Crippen LogP contribution in [0.2, 0.25) is 0 Å². The van der Waals surface area contributed by atoms with Crippen molar-refractivity contribution in [3.05, 3.63) is 58.1 Å². The molecule has 1 aliphatic rings. The Labute approximate surface area is 169 Å². The van der Waals surface area contributed by atoms with Gasteiger partial charge >= 0.3 is 0 Å². The number of methoxy groups -OCH3 is 2. The Morgan fingerprint density at radius 3 is 2.69 bits per heavy atom. The van der Waals surface area contributed by atoms with Crippen LogP contribution >= 0.6 is 0 Å². The monoisotopic (exact) mass is 399 g/mol. The Hall–Kier alpha value is -3.29. The van der Waals surface area contributed by atoms with Gasteiger partial charge < -0.3 is 19.7 Å². The summed E-state index contributed by atoms with van der Waals surface area (Å²) in [6.07, 6.45) is 2.08. The van der Waals surface area contributed by atoms with E-state index in [1.54, 1.807) is 32.4 Å². The zero-order chi connectivity index (χ0) is 20.8. The van der Waals surface area contributed by atoms with Crippen molar-refractivity contribution in [2.45, 2.75) is 25.3 Å². The minimum atomic E-state index is -0.433. The number of likely N-dealkylation sites (tertiary alicyclic amines) is 1. The molecular weight excluding hydrogens is 374 g/mol. The molecule has 3 rings (SSSR count). The van der Waals surface area contributed by atoms with E-state index in [0.717, 1.165) is 18.4 Å². The Morgan fingerprint density at radius 1 is 1.21 bits per heavy atom. The highest BCUT2D eigenvalue weighted by Gasteiger charge is 2.30. The number of benzene rings is 2. The first-order chi connectivity index (χ1) is 14.0. The minimum Gasteiger partial charge on any atom is -0.493 e. The van der Waals surface area contributed by atoms with E-state index in [9.17, 15) is 14.9 Å². The number of nitrogens with one attached hydrogen (secondary N) is 1. The Morgan fingerprint density at radius 2 is 1.97 bits per heavy atom. The molecule has 0 spiro atoms. The van der Waals surface area contributed by atoms with Crippen LogP contribution in [0.1, 0.15) is 30.9 Å². The van der Waals surface area contributed by atoms with E-state index in [1.807, 2.05) is 23.1 Å². The van der Waals surface area contributed by atoms with Crippen LogP contribution in [0.3, 0.4) is 0 Å². The highest BCUT2D eigenvalue weighted by atomic mass is 16.6. The standard InChI is InChI=1S/C21H25N3O5/c1-28-19-10-9-15(14-20(19)29-2)17-8-5-13-23(17)21(25)11-12-22-16-6-3-4-7-18(16)24(26)27/h3-4,6-7,9-10,14,17,22H,5,8,11-13H2,1-2H3. The lowest BCUT2D eigenvalue weighted by atomic mass is 10.0. The SMILES string of the molecule is COc1ccc(C2CCCN2C(=O)CCNc2ccccc2[N+](=O)[O-])cc1OC. The molecule has 1 aliphatic heterocycles. The highest BCUT2D eigenvalue weighted by Crippen LogP contribution is 2.37. The summed E-state index contributed by atoms with van der Waals surface area (Å²) in [4.78, 5) is 25.4. The van der Waals surface area contributed by atoms with Gasteiger partial charge in [0.15, 0.2) is 11.5 Å². The van der Waals surface area contributed by atoms with Crippen LogP contribution in [0.5, 0.6) is 11.5 Å². The predicted molar refractivity (Wildman–Crippen MR) is 109 cm³/mol. The van der Waals surface area contributed by atoms with E-state index in [1.165, 1.54) is 6.07 Å². The maximum atomic E-state index is 12.8. The highest BCUT2D eigenvalue weighted by molar-refractivity contribution is 5.78. The van der Waals surface area contributed by atoms with Crippen molar-refractivity contribution in [3.63, 3.8) is 0 Å². The first-order valence-corrected chi connectivity index (χ1v) is 9.54. The number of ether oxygens (including phenoxy) is 2. The van der Waals surface area contributed by atoms with Crippen molar-refractivity contribution in [1.82, 2.24) is 4.90 Å². The minimum absolute atomic E-state index is 0.00401. The smallest absolute Gasteiger partial charge is 0.292 e. The summed E-state index contributed by atoms with van der Waals surface area (Å²) < 4.78 is 10.7. The van der Waals surface area contributed by atoms with Crippen molar-refractivity contribution in [1.29, 1.82) is 0 Å². The lowest BCUT2D eigenvalue weighted by Crippen LogP contribution is -2.31. The summed E-state index contributed by atoms with van der Waals surface area (Å²) in [5.74, 6) is 1.32. The number of carbonyl (C=O) groups excluding carboxylic acids is 1. The number of nitrogens with zero attached hydrogens (tertiary/aromatic N) is 2. The van der Waals surface area contributed by atoms with E-state index in [0.29, 0.717) is 30.3 Å². The number of amides is 1. The summed E-state index contributed by atoms with van der Waals surface area (Å²) in [5.41, 5.74) is 1.44. The maximum absolute atomic E-state index is 12.8. The zero-order valence-electron chi connectivity index (χ0n) is 16.6. The second kappa shape index (κ2) is 9.27. The largest absolute Gasteiger partial charge is 0.493 e. The quantitative estimate of drug-likeness (QED) is 0.536. The lowest BCUT2D eigenvalue weighted by molar-refractivity contribution is -0.384. The summed E-state index contributed by atoms with van der Waals surface area (Å²) in [6, 6.07) is 12.2. The summed E-state index contributed by atoms with van der Waals surface area (Å²) in [6.45, 7) is 1.03. The fraction of sp³-hybridized carbons (Fsp3) is 0.381. The fourth-order valence-corrected chi connectivity index (χ4v) is 3.70. The second-order valence-corrected chi connectivity index (χ2v) is 6.81. The molecule has 1 heterocycles. The number of nitro benzene ring substituents is 1. The molecule has 2 aromatic rings. The van der Waals surface area contributed by atoms with Gasteiger partial charge in [0.1, 0.15) is 5.69 Å². The fourth-order valence-electron chi connectivity index (χ4n) is 3.70. The molecule has 8 nitrogen and oxygen atoms in total. The van der Waals surface area contributed by atoms with Gasteiger partial charge in [-0.15, -0.1) is 0 Å². The van der Waals surface area contributed by atoms with Gasteiger partial charge in [0.25, 0.3) is 5.69 Å². The predicted octanol–water partition coefficient (Wildman–Crippen LogP) is 3.78. The van der Waals surface area contributed by atoms with E-state index >= 15 is 0 Å². The third-order valence-electron chi connectivity index (χ3n) is 5.12. The first-order valence-electron chi connectivity index (χ1n) is 9.54. The summed E-state index contributed by atoms with van der Waals surface area (Å²) in [5, 5.41) is 14.1. The second-order valence-electron chi connectivity index (χ2n) is 6.81. The third kappa shape index (κ3) is 4.59. The van der Waals surface area contributed by atoms with Gasteiger partial charge in [-0.05, 0) is 36.6 Å². The molecule has 0 radical (unpaired) electrons. The van der Waals surface area contributed by atoms with Crippen molar-refractivity contribution in [2.24, 2.45) is 0 Å². The van der Waals surface area contributed by atoms with Crippen LogP contribution in [0.15, 0.2) is 42.5 Å². The van der Waals surface area contributed by atoms with Crippen LogP contribution in [-0.4, -0.2) is 43.0 Å². The van der Waals surface area contributed by atoms with Gasteiger partial charge in [0.05, 0.1) is 25.2 Å². The molecule has 1 amide bonds. The normalized spacial score (nSPS) is 15.8. The van der Waals surface area contributed by atoms with Gasteiger partial charge in [-0.2, -0.15) is 0 Å². The Bertz CT molecular complexity index is 886. The van der Waals surface area contributed by atoms with Crippen molar-refractivity contribution in [2.75, 3.05) is 32.6 Å². The molecule has 154 valence electrons. The molecule has 0 bridgehead atoms. The van der Waals surface area contributed by atoms with Crippen LogP contribution in [0.4, 0.5) is 11.4 Å². The van der Waals surface area contributed by atoms with Gasteiger partial charge in [0, 0.05) is 25.6 Å². The van der Waals surface area contributed by atoms with Crippen LogP contribution in [0, 0.1) is 10.1 Å². The summed E-state index contributed by atoms with van der Waals surface area (Å²) >= 11 is 0. The van der Waals surface area contributed by atoms with Crippen molar-refractivity contribution in [3.8, 4) is 11.5 Å². The maximum Gasteiger partial charge on any atom is 0.292 e. The number of nitro groups is 1. The molecule has 29 heavy (non-hydrogen) atoms. The molecule has 1 unspecified atom stereocenters. The third-order valence-corrected chi connectivity index (χ3v) is 5.12. The van der Waals surface area contributed by atoms with Crippen molar-refractivity contribution < 1.29 is 19.2 Å². The Kier molecular flexibility index (Phi) is 6.54. The van der Waals surface area contributed by atoms with Crippen LogP contribution < -0.4 is 14.8 Å². The van der Waals surface area contributed by atoms with Gasteiger partial charge in [0.2, 0.25) is 5.91 Å². The van der Waals surface area contributed by atoms with E-state index < -0.39 is 4.92 Å². The average molecular weight is 399 g/mol. The topological polar surface area (TPSA) is 93.9 Å². The number of rotatable bonds is 8. The number of anilines is 1. The summed E-state index contributed by atoms with van der Waals surface area (Å²) in [7, 11) is 3.18. The van der Waals surface area contributed by atoms with Crippen LogP contribution in [-0.2, 0) is 4.79 Å². The van der Waals surface area contributed by atoms with E-state index in [2.05, 4.69) is 5.32 Å². The Balaban J connectivity index is 1.64. The molecule has 0 saturated carbocycles. The first kappa shape index (κ1) is 20.4. The number of carbonyl (C=O) groups is 1. The molecule has 1 saturated heterocycles. The van der Waals surface area contributed by atoms with Gasteiger partial charge in [-0.3, -0.25) is 14.9 Å². The lowest BCUT2D eigenvalue weighted by Gasteiger charge is -2.26. The zero-order valence-corrected chi connectivity index (χ0v) is 16.6. The molecule has 2 aromatic carbocycles. The van der Waals surface area contributed by atoms with Gasteiger partial charge in [-0.25, -0.2) is 0 Å². The number of hydrogen-bond acceptors (Lipinski definition) is 6. The number of hydrogen-bond donors (Lipinski definition) is 1. The molecule has 1 atom stereocenters. The van der Waals surface area contributed by atoms with E-state index in [-0.39, 0.29) is 24.1 Å². The molecule has 1 N–H and O–H groups in total. The van der Waals surface area contributed by atoms with E-state index in [4.69, 9.17) is 9.47 Å². The molecule has 1 fully saturated rings. The van der Waals surface area contributed by atoms with Gasteiger partial charge in [-0.1, -0.05) is 18.2 Å². The molecule has 0 aliphatic carbocycles. The molecule has 0 aromatic heterocycles. The average Bonchev–Trinajstić information content (AvgIpc) is 3.23. The molecular formula is C21H25N3O5. The molecule has 8 heteroatoms.